The van der Waals surface area contributed by atoms with Crippen LogP contribution in [-0.2, 0) is 4.79 Å². The lowest BCUT2D eigenvalue weighted by Crippen LogP contribution is -2.46. The van der Waals surface area contributed by atoms with Crippen LogP contribution in [0.15, 0.2) is 24.3 Å². The molecule has 0 spiro atoms. The van der Waals surface area contributed by atoms with Gasteiger partial charge in [0.2, 0.25) is 5.91 Å². The maximum absolute atomic E-state index is 12.2. The summed E-state index contributed by atoms with van der Waals surface area (Å²) in [5, 5.41) is 0.677. The van der Waals surface area contributed by atoms with Gasteiger partial charge in [-0.25, -0.2) is 0 Å². The van der Waals surface area contributed by atoms with Crippen LogP contribution in [-0.4, -0.2) is 22.9 Å². The Kier molecular flexibility index (Phi) is 5.17. The third-order valence-corrected chi connectivity index (χ3v) is 3.18. The Morgan fingerprint density at radius 3 is 2.33 bits per heavy atom. The molecule has 0 saturated heterocycles. The highest BCUT2D eigenvalue weighted by Crippen LogP contribution is 2.25. The fourth-order valence-corrected chi connectivity index (χ4v) is 2.25. The van der Waals surface area contributed by atoms with Gasteiger partial charge in [0.1, 0.15) is 0 Å². The van der Waals surface area contributed by atoms with E-state index in [9.17, 15) is 4.79 Å². The summed E-state index contributed by atoms with van der Waals surface area (Å²) >= 11 is 5.99. The van der Waals surface area contributed by atoms with Gasteiger partial charge in [-0.3, -0.25) is 4.79 Å². The smallest absolute Gasteiger partial charge is 0.239 e. The minimum atomic E-state index is -0.492. The molecule has 0 aromatic heterocycles. The Labute approximate surface area is 114 Å². The van der Waals surface area contributed by atoms with Gasteiger partial charge in [0.05, 0.1) is 12.1 Å². The van der Waals surface area contributed by atoms with Crippen LogP contribution in [0.2, 0.25) is 5.02 Å². The maximum atomic E-state index is 12.2. The van der Waals surface area contributed by atoms with Crippen LogP contribution < -0.4 is 5.73 Å². The lowest BCUT2D eigenvalue weighted by molar-refractivity contribution is -0.136. The number of nitrogens with two attached hydrogens (primary N) is 1. The molecule has 0 saturated carbocycles. The van der Waals surface area contributed by atoms with Crippen molar-refractivity contribution in [1.82, 2.24) is 4.90 Å². The standard InChI is InChI=1S/C14H21ClN2O/c1-9(2)17(14(18)10(3)16)11(4)12-6-5-7-13(15)8-12/h5-11H,16H2,1-4H3/t10-,11-/m0/s1. The minimum Gasteiger partial charge on any atom is -0.332 e. The average Bonchev–Trinajstić information content (AvgIpc) is 2.28. The molecule has 0 radical (unpaired) electrons. The minimum absolute atomic E-state index is 0.0396. The van der Waals surface area contributed by atoms with Gasteiger partial charge in [0.25, 0.3) is 0 Å². The summed E-state index contributed by atoms with van der Waals surface area (Å²) in [5.41, 5.74) is 6.72. The first-order valence-electron chi connectivity index (χ1n) is 6.17. The topological polar surface area (TPSA) is 46.3 Å². The Balaban J connectivity index is 3.03. The molecular formula is C14H21ClN2O. The first-order valence-corrected chi connectivity index (χ1v) is 6.55. The zero-order valence-electron chi connectivity index (χ0n) is 11.4. The molecular weight excluding hydrogens is 248 g/mol. The molecule has 0 bridgehead atoms. The fourth-order valence-electron chi connectivity index (χ4n) is 2.05. The van der Waals surface area contributed by atoms with Gasteiger partial charge in [-0.05, 0) is 45.4 Å². The summed E-state index contributed by atoms with van der Waals surface area (Å²) in [4.78, 5) is 14.0. The highest BCUT2D eigenvalue weighted by molar-refractivity contribution is 6.30. The van der Waals surface area contributed by atoms with Gasteiger partial charge in [-0.2, -0.15) is 0 Å². The van der Waals surface area contributed by atoms with Crippen LogP contribution in [0, 0.1) is 0 Å². The SMILES string of the molecule is CC(C)N(C(=O)[C@H](C)N)[C@@H](C)c1cccc(Cl)c1. The van der Waals surface area contributed by atoms with E-state index in [1.807, 2.05) is 45.0 Å². The van der Waals surface area contributed by atoms with E-state index in [2.05, 4.69) is 0 Å². The van der Waals surface area contributed by atoms with Crippen molar-refractivity contribution in [2.75, 3.05) is 0 Å². The molecule has 0 unspecified atom stereocenters. The summed E-state index contributed by atoms with van der Waals surface area (Å²) < 4.78 is 0. The van der Waals surface area contributed by atoms with Crippen molar-refractivity contribution >= 4 is 17.5 Å². The van der Waals surface area contributed by atoms with Crippen molar-refractivity contribution in [2.24, 2.45) is 5.73 Å². The molecule has 100 valence electrons. The number of carbonyl (C=O) groups excluding carboxylic acids is 1. The lowest BCUT2D eigenvalue weighted by Gasteiger charge is -2.34. The van der Waals surface area contributed by atoms with Crippen molar-refractivity contribution in [3.8, 4) is 0 Å². The normalized spacial score (nSPS) is 14.4. The Hall–Kier alpha value is -1.06. The predicted octanol–water partition coefficient (Wildman–Crippen LogP) is 2.99. The molecule has 18 heavy (non-hydrogen) atoms. The summed E-state index contributed by atoms with van der Waals surface area (Å²) in [5.74, 6) is -0.0440. The van der Waals surface area contributed by atoms with E-state index >= 15 is 0 Å². The molecule has 0 heterocycles. The first-order chi connectivity index (χ1) is 8.34. The molecule has 0 aliphatic heterocycles. The molecule has 0 aliphatic rings. The highest BCUT2D eigenvalue weighted by Gasteiger charge is 2.26. The number of hydrogen-bond acceptors (Lipinski definition) is 2. The number of rotatable bonds is 4. The molecule has 2 N–H and O–H groups in total. The number of amides is 1. The van der Waals surface area contributed by atoms with Crippen molar-refractivity contribution in [3.05, 3.63) is 34.9 Å². The number of halogens is 1. The van der Waals surface area contributed by atoms with E-state index < -0.39 is 6.04 Å². The van der Waals surface area contributed by atoms with E-state index in [0.29, 0.717) is 5.02 Å². The molecule has 1 rings (SSSR count). The molecule has 0 fully saturated rings. The number of nitrogens with zero attached hydrogens (tertiary/aromatic N) is 1. The fraction of sp³-hybridized carbons (Fsp3) is 0.500. The second kappa shape index (κ2) is 6.21. The van der Waals surface area contributed by atoms with Crippen molar-refractivity contribution in [2.45, 2.75) is 45.8 Å². The van der Waals surface area contributed by atoms with Gasteiger partial charge in [-0.15, -0.1) is 0 Å². The van der Waals surface area contributed by atoms with E-state index in [0.717, 1.165) is 5.56 Å². The first kappa shape index (κ1) is 15.0. The van der Waals surface area contributed by atoms with Gasteiger partial charge < -0.3 is 10.6 Å². The lowest BCUT2D eigenvalue weighted by atomic mass is 10.0. The number of hydrogen-bond donors (Lipinski definition) is 1. The molecule has 1 amide bonds. The van der Waals surface area contributed by atoms with Crippen LogP contribution in [0.3, 0.4) is 0 Å². The zero-order chi connectivity index (χ0) is 13.9. The number of carbonyl (C=O) groups is 1. The largest absolute Gasteiger partial charge is 0.332 e. The van der Waals surface area contributed by atoms with E-state index in [-0.39, 0.29) is 18.0 Å². The van der Waals surface area contributed by atoms with Gasteiger partial charge in [0, 0.05) is 11.1 Å². The van der Waals surface area contributed by atoms with Crippen LogP contribution in [0.5, 0.6) is 0 Å². The average molecular weight is 269 g/mol. The van der Waals surface area contributed by atoms with Crippen LogP contribution in [0.25, 0.3) is 0 Å². The van der Waals surface area contributed by atoms with Gasteiger partial charge in [-0.1, -0.05) is 23.7 Å². The quantitative estimate of drug-likeness (QED) is 0.913. The third-order valence-electron chi connectivity index (χ3n) is 2.95. The van der Waals surface area contributed by atoms with Crippen LogP contribution in [0.1, 0.15) is 39.3 Å². The van der Waals surface area contributed by atoms with Crippen molar-refractivity contribution < 1.29 is 4.79 Å². The zero-order valence-corrected chi connectivity index (χ0v) is 12.1. The Morgan fingerprint density at radius 1 is 1.28 bits per heavy atom. The molecule has 4 heteroatoms. The van der Waals surface area contributed by atoms with E-state index in [1.54, 1.807) is 11.8 Å². The van der Waals surface area contributed by atoms with Crippen molar-refractivity contribution in [1.29, 1.82) is 0 Å². The number of benzene rings is 1. The maximum Gasteiger partial charge on any atom is 0.239 e. The predicted molar refractivity (Wildman–Crippen MR) is 75.5 cm³/mol. The van der Waals surface area contributed by atoms with E-state index in [1.165, 1.54) is 0 Å². The van der Waals surface area contributed by atoms with Gasteiger partial charge >= 0.3 is 0 Å². The summed E-state index contributed by atoms with van der Waals surface area (Å²) in [7, 11) is 0. The second-order valence-corrected chi connectivity index (χ2v) is 5.30. The molecule has 1 aromatic carbocycles. The molecule has 0 aliphatic carbocycles. The van der Waals surface area contributed by atoms with Crippen molar-refractivity contribution in [3.63, 3.8) is 0 Å². The second-order valence-electron chi connectivity index (χ2n) is 4.86. The van der Waals surface area contributed by atoms with Crippen LogP contribution >= 0.6 is 11.6 Å². The Morgan fingerprint density at radius 2 is 1.89 bits per heavy atom. The van der Waals surface area contributed by atoms with Gasteiger partial charge in [0.15, 0.2) is 0 Å². The van der Waals surface area contributed by atoms with Crippen LogP contribution in [0.4, 0.5) is 0 Å². The highest BCUT2D eigenvalue weighted by atomic mass is 35.5. The summed E-state index contributed by atoms with van der Waals surface area (Å²) in [6.45, 7) is 7.68. The third kappa shape index (κ3) is 3.47. The summed E-state index contributed by atoms with van der Waals surface area (Å²) in [6.07, 6.45) is 0. The molecule has 3 nitrogen and oxygen atoms in total. The molecule has 1 aromatic rings. The Bertz CT molecular complexity index is 418. The monoisotopic (exact) mass is 268 g/mol. The van der Waals surface area contributed by atoms with E-state index in [4.69, 9.17) is 17.3 Å². The summed E-state index contributed by atoms with van der Waals surface area (Å²) in [6, 6.07) is 7.14. The molecule has 2 atom stereocenters.